The molecule has 6 nitrogen and oxygen atoms in total. The number of hydrogen-bond donors (Lipinski definition) is 0. The van der Waals surface area contributed by atoms with Gasteiger partial charge in [0.15, 0.2) is 6.10 Å². The highest BCUT2D eigenvalue weighted by Gasteiger charge is 2.19. The molecule has 6 heteroatoms. The highest BCUT2D eigenvalue weighted by molar-refractivity contribution is 5.71. The summed E-state index contributed by atoms with van der Waals surface area (Å²) in [6, 6.07) is 0. The van der Waals surface area contributed by atoms with E-state index in [9.17, 15) is 14.4 Å². The second-order valence-corrected chi connectivity index (χ2v) is 22.7. The molecule has 0 N–H and O–H groups in total. The molecule has 0 aromatic carbocycles. The predicted molar refractivity (Wildman–Crippen MR) is 348 cm³/mol. The average Bonchev–Trinajstić information content (AvgIpc) is 3.46. The summed E-state index contributed by atoms with van der Waals surface area (Å²) >= 11 is 0. The van der Waals surface area contributed by atoms with Crippen LogP contribution < -0.4 is 0 Å². The average molecular weight is 1110 g/mol. The van der Waals surface area contributed by atoms with Gasteiger partial charge in [0.2, 0.25) is 0 Å². The molecule has 1 unspecified atom stereocenters. The van der Waals surface area contributed by atoms with Crippen LogP contribution in [0.3, 0.4) is 0 Å². The first kappa shape index (κ1) is 76.3. The molecule has 0 heterocycles. The van der Waals surface area contributed by atoms with Gasteiger partial charge in [0.1, 0.15) is 13.2 Å². The third-order valence-electron chi connectivity index (χ3n) is 14.8. The fourth-order valence-electron chi connectivity index (χ4n) is 9.71. The number of ether oxygens (including phenoxy) is 3. The molecule has 0 amide bonds. The number of rotatable bonds is 62. The second kappa shape index (κ2) is 67.8. The van der Waals surface area contributed by atoms with Crippen LogP contribution in [0.2, 0.25) is 0 Å². The minimum absolute atomic E-state index is 0.0870. The third-order valence-corrected chi connectivity index (χ3v) is 14.8. The molecule has 0 radical (unpaired) electrons. The summed E-state index contributed by atoms with van der Waals surface area (Å²) in [5.41, 5.74) is 0. The molecule has 0 fully saturated rings. The van der Waals surface area contributed by atoms with Gasteiger partial charge >= 0.3 is 17.9 Å². The van der Waals surface area contributed by atoms with Gasteiger partial charge in [-0.05, 0) is 103 Å². The van der Waals surface area contributed by atoms with Crippen molar-refractivity contribution >= 4 is 17.9 Å². The van der Waals surface area contributed by atoms with Crippen molar-refractivity contribution in [1.82, 2.24) is 0 Å². The van der Waals surface area contributed by atoms with E-state index in [0.29, 0.717) is 19.3 Å². The van der Waals surface area contributed by atoms with Crippen LogP contribution in [-0.4, -0.2) is 37.2 Å². The first-order valence-electron chi connectivity index (χ1n) is 34.2. The molecule has 0 saturated carbocycles. The van der Waals surface area contributed by atoms with Crippen molar-refractivity contribution in [2.75, 3.05) is 13.2 Å². The van der Waals surface area contributed by atoms with E-state index in [1.807, 2.05) is 0 Å². The SMILES string of the molecule is CC/C=C\C/C=C\C/C=C\C/C=C\C/C=C\CCCCCCCC(=O)OCC(COC(=O)CCCCCCCCCCCCCCCCCCCCCC)OC(=O)CCCCCCCC/C=C\C/C=C\C/C=C\CCCCCCC. The van der Waals surface area contributed by atoms with Crippen molar-refractivity contribution in [3.63, 3.8) is 0 Å². The predicted octanol–water partition coefficient (Wildman–Crippen LogP) is 23.6. The molecule has 0 aliphatic carbocycles. The van der Waals surface area contributed by atoms with Crippen LogP contribution in [0.4, 0.5) is 0 Å². The van der Waals surface area contributed by atoms with Crippen molar-refractivity contribution in [2.45, 2.75) is 341 Å². The zero-order valence-corrected chi connectivity index (χ0v) is 52.8. The molecular weight excluding hydrogens is 985 g/mol. The standard InChI is InChI=1S/C74H128O6/c1-4-7-10-13-16-19-22-25-28-31-34-37-40-43-46-49-52-55-58-61-64-67-73(76)79-70-71(69-78-72(75)66-63-60-57-54-51-48-45-42-39-36-33-30-27-24-21-18-15-12-9-6-3)80-74(77)68-65-62-59-56-53-50-47-44-41-38-35-32-29-26-23-20-17-14-11-8-5-2/h7,10,16,19,23,25-26,28,32,34-35,37,41,43-44,46,71H,4-6,8-9,11-15,17-18,20-22,24,27,29-31,33,36,38-40,42,45,47-70H2,1-3H3/b10-7-,19-16-,26-23-,28-25-,35-32-,37-34-,44-41-,46-43-. The lowest BCUT2D eigenvalue weighted by atomic mass is 10.0. The highest BCUT2D eigenvalue weighted by atomic mass is 16.6. The Labute approximate surface area is 496 Å². The third kappa shape index (κ3) is 65.1. The minimum Gasteiger partial charge on any atom is -0.462 e. The Morgan fingerprint density at radius 3 is 0.762 bits per heavy atom. The summed E-state index contributed by atoms with van der Waals surface area (Å²) in [5, 5.41) is 0. The van der Waals surface area contributed by atoms with E-state index in [1.54, 1.807) is 0 Å². The Hall–Kier alpha value is -3.67. The molecule has 0 rings (SSSR count). The molecule has 0 spiro atoms. The number of unbranched alkanes of at least 4 members (excludes halogenated alkanes) is 35. The van der Waals surface area contributed by atoms with Gasteiger partial charge in [0.25, 0.3) is 0 Å². The van der Waals surface area contributed by atoms with Crippen molar-refractivity contribution in [1.29, 1.82) is 0 Å². The fourth-order valence-corrected chi connectivity index (χ4v) is 9.71. The van der Waals surface area contributed by atoms with E-state index in [0.717, 1.165) is 135 Å². The number of hydrogen-bond acceptors (Lipinski definition) is 6. The number of carbonyl (C=O) groups excluding carboxylic acids is 3. The molecule has 0 bridgehead atoms. The highest BCUT2D eigenvalue weighted by Crippen LogP contribution is 2.17. The van der Waals surface area contributed by atoms with Crippen LogP contribution in [0.1, 0.15) is 335 Å². The Bertz CT molecular complexity index is 1560. The monoisotopic (exact) mass is 1110 g/mol. The lowest BCUT2D eigenvalue weighted by molar-refractivity contribution is -0.167. The lowest BCUT2D eigenvalue weighted by Crippen LogP contribution is -2.30. The Balaban J connectivity index is 4.44. The van der Waals surface area contributed by atoms with Crippen molar-refractivity contribution < 1.29 is 28.6 Å². The molecule has 0 aliphatic heterocycles. The zero-order valence-electron chi connectivity index (χ0n) is 52.8. The van der Waals surface area contributed by atoms with Crippen molar-refractivity contribution in [2.24, 2.45) is 0 Å². The Kier molecular flexibility index (Phi) is 64.7. The molecule has 460 valence electrons. The summed E-state index contributed by atoms with van der Waals surface area (Å²) in [5.74, 6) is -0.904. The largest absolute Gasteiger partial charge is 0.462 e. The molecule has 0 aliphatic rings. The molecule has 0 aromatic rings. The summed E-state index contributed by atoms with van der Waals surface area (Å²) < 4.78 is 17.0. The first-order chi connectivity index (χ1) is 39.5. The van der Waals surface area contributed by atoms with Gasteiger partial charge < -0.3 is 14.2 Å². The quantitative estimate of drug-likeness (QED) is 0.0261. The molecule has 0 aromatic heterocycles. The van der Waals surface area contributed by atoms with E-state index in [2.05, 4.69) is 118 Å². The molecule has 80 heavy (non-hydrogen) atoms. The van der Waals surface area contributed by atoms with Crippen LogP contribution in [-0.2, 0) is 28.6 Å². The van der Waals surface area contributed by atoms with Crippen molar-refractivity contribution in [3.8, 4) is 0 Å². The van der Waals surface area contributed by atoms with Crippen LogP contribution in [0.25, 0.3) is 0 Å². The second-order valence-electron chi connectivity index (χ2n) is 22.7. The van der Waals surface area contributed by atoms with E-state index < -0.39 is 6.10 Å². The van der Waals surface area contributed by atoms with Gasteiger partial charge in [-0.15, -0.1) is 0 Å². The number of esters is 3. The maximum atomic E-state index is 13.0. The van der Waals surface area contributed by atoms with E-state index in [4.69, 9.17) is 14.2 Å². The van der Waals surface area contributed by atoms with Crippen molar-refractivity contribution in [3.05, 3.63) is 97.2 Å². The maximum Gasteiger partial charge on any atom is 0.306 e. The summed E-state index contributed by atoms with van der Waals surface area (Å²) in [4.78, 5) is 38.5. The summed E-state index contributed by atoms with van der Waals surface area (Å²) in [6.07, 6.45) is 91.3. The minimum atomic E-state index is -0.795. The number of allylic oxidation sites excluding steroid dienone is 16. The number of carbonyl (C=O) groups is 3. The molecule has 1 atom stereocenters. The van der Waals surface area contributed by atoms with Crippen LogP contribution in [0.5, 0.6) is 0 Å². The van der Waals surface area contributed by atoms with E-state index in [1.165, 1.54) is 161 Å². The van der Waals surface area contributed by atoms with Gasteiger partial charge in [-0.2, -0.15) is 0 Å². The van der Waals surface area contributed by atoms with Crippen LogP contribution in [0.15, 0.2) is 97.2 Å². The topological polar surface area (TPSA) is 78.9 Å². The first-order valence-corrected chi connectivity index (χ1v) is 34.2. The van der Waals surface area contributed by atoms with Gasteiger partial charge in [-0.3, -0.25) is 14.4 Å². The summed E-state index contributed by atoms with van der Waals surface area (Å²) in [7, 11) is 0. The Morgan fingerprint density at radius 2 is 0.487 bits per heavy atom. The maximum absolute atomic E-state index is 13.0. The zero-order chi connectivity index (χ0) is 57.8. The fraction of sp³-hybridized carbons (Fsp3) is 0.743. The normalized spacial score (nSPS) is 12.7. The molecule has 0 saturated heterocycles. The van der Waals surface area contributed by atoms with Gasteiger partial charge in [-0.1, -0.05) is 311 Å². The van der Waals surface area contributed by atoms with E-state index in [-0.39, 0.29) is 31.1 Å². The van der Waals surface area contributed by atoms with Crippen LogP contribution >= 0.6 is 0 Å². The van der Waals surface area contributed by atoms with E-state index >= 15 is 0 Å². The lowest BCUT2D eigenvalue weighted by Gasteiger charge is -2.18. The summed E-state index contributed by atoms with van der Waals surface area (Å²) in [6.45, 7) is 6.53. The molecular formula is C74H128O6. The van der Waals surface area contributed by atoms with Gasteiger partial charge in [0, 0.05) is 19.3 Å². The van der Waals surface area contributed by atoms with Gasteiger partial charge in [-0.25, -0.2) is 0 Å². The van der Waals surface area contributed by atoms with Crippen LogP contribution in [0, 0.1) is 0 Å². The smallest absolute Gasteiger partial charge is 0.306 e. The Morgan fingerprint density at radius 1 is 0.263 bits per heavy atom. The van der Waals surface area contributed by atoms with Gasteiger partial charge in [0.05, 0.1) is 0 Å².